The molecule has 3 heteroatoms. The molecule has 0 aromatic heterocycles. The zero-order valence-corrected chi connectivity index (χ0v) is 7.29. The van der Waals surface area contributed by atoms with Crippen molar-refractivity contribution in [3.63, 3.8) is 0 Å². The van der Waals surface area contributed by atoms with Crippen molar-refractivity contribution in [2.75, 3.05) is 13.2 Å². The summed E-state index contributed by atoms with van der Waals surface area (Å²) in [4.78, 5) is 0. The minimum atomic E-state index is -0.269. The van der Waals surface area contributed by atoms with Crippen LogP contribution in [-0.4, -0.2) is 13.2 Å². The number of rotatable bonds is 1. The van der Waals surface area contributed by atoms with Crippen molar-refractivity contribution in [2.45, 2.75) is 12.6 Å². The first kappa shape index (κ1) is 8.66. The minimum absolute atomic E-state index is 0.207. The van der Waals surface area contributed by atoms with E-state index >= 15 is 0 Å². The Bertz CT molecular complexity index is 284. The normalized spacial score (nSPS) is 23.0. The van der Waals surface area contributed by atoms with Crippen LogP contribution in [0.3, 0.4) is 0 Å². The minimum Gasteiger partial charge on any atom is -0.359 e. The number of benzene rings is 1. The lowest BCUT2D eigenvalue weighted by Crippen LogP contribution is -2.31. The van der Waals surface area contributed by atoms with Gasteiger partial charge in [-0.1, -0.05) is 18.2 Å². The maximum absolute atomic E-state index is 13.3. The molecule has 0 bridgehead atoms. The van der Waals surface area contributed by atoms with Crippen molar-refractivity contribution in [1.29, 1.82) is 0 Å². The lowest BCUT2D eigenvalue weighted by Gasteiger charge is -2.24. The van der Waals surface area contributed by atoms with E-state index in [2.05, 4.69) is 5.32 Å². The molecule has 0 saturated carbocycles. The van der Waals surface area contributed by atoms with Crippen LogP contribution in [0.15, 0.2) is 24.3 Å². The smallest absolute Gasteiger partial charge is 0.137 e. The third-order valence-electron chi connectivity index (χ3n) is 2.12. The molecule has 70 valence electrons. The Kier molecular flexibility index (Phi) is 2.57. The van der Waals surface area contributed by atoms with E-state index in [1.54, 1.807) is 12.1 Å². The molecule has 0 radical (unpaired) electrons. The SMILES string of the molecule is Fc1ccccc1C1NCCCO1. The molecule has 1 aromatic carbocycles. The Morgan fingerprint density at radius 3 is 2.92 bits per heavy atom. The van der Waals surface area contributed by atoms with E-state index in [-0.39, 0.29) is 12.0 Å². The third-order valence-corrected chi connectivity index (χ3v) is 2.12. The van der Waals surface area contributed by atoms with Crippen molar-refractivity contribution in [3.8, 4) is 0 Å². The molecule has 2 rings (SSSR count). The summed E-state index contributed by atoms with van der Waals surface area (Å²) in [6.07, 6.45) is 0.722. The fourth-order valence-corrected chi connectivity index (χ4v) is 1.45. The molecule has 13 heavy (non-hydrogen) atoms. The zero-order valence-electron chi connectivity index (χ0n) is 7.29. The molecule has 1 saturated heterocycles. The quantitative estimate of drug-likeness (QED) is 0.713. The molecular weight excluding hydrogens is 169 g/mol. The van der Waals surface area contributed by atoms with E-state index in [0.29, 0.717) is 12.2 Å². The molecular formula is C10H12FNO. The number of hydrogen-bond donors (Lipinski definition) is 1. The molecule has 1 N–H and O–H groups in total. The van der Waals surface area contributed by atoms with E-state index in [1.165, 1.54) is 6.07 Å². The summed E-state index contributed by atoms with van der Waals surface area (Å²) in [6, 6.07) is 6.70. The third kappa shape index (κ3) is 1.87. The van der Waals surface area contributed by atoms with Crippen molar-refractivity contribution in [2.24, 2.45) is 0 Å². The summed E-state index contributed by atoms with van der Waals surface area (Å²) in [5.74, 6) is -0.207. The van der Waals surface area contributed by atoms with Crippen LogP contribution in [0.25, 0.3) is 0 Å². The van der Waals surface area contributed by atoms with Crippen molar-refractivity contribution < 1.29 is 9.13 Å². The van der Waals surface area contributed by atoms with Gasteiger partial charge in [0.05, 0.1) is 6.61 Å². The fourth-order valence-electron chi connectivity index (χ4n) is 1.45. The van der Waals surface area contributed by atoms with Gasteiger partial charge in [-0.15, -0.1) is 0 Å². The maximum atomic E-state index is 13.3. The molecule has 0 aliphatic carbocycles. The number of halogens is 1. The summed E-state index contributed by atoms with van der Waals surface area (Å²) in [7, 11) is 0. The van der Waals surface area contributed by atoms with Gasteiger partial charge in [0.15, 0.2) is 0 Å². The van der Waals surface area contributed by atoms with Crippen molar-refractivity contribution >= 4 is 0 Å². The van der Waals surface area contributed by atoms with Gasteiger partial charge >= 0.3 is 0 Å². The number of hydrogen-bond acceptors (Lipinski definition) is 2. The van der Waals surface area contributed by atoms with Gasteiger partial charge in [0.1, 0.15) is 12.0 Å². The van der Waals surface area contributed by atoms with Gasteiger partial charge in [-0.3, -0.25) is 5.32 Å². The van der Waals surface area contributed by atoms with Gasteiger partial charge in [-0.25, -0.2) is 4.39 Å². The van der Waals surface area contributed by atoms with Gasteiger partial charge in [-0.2, -0.15) is 0 Å². The van der Waals surface area contributed by atoms with Gasteiger partial charge in [0.25, 0.3) is 0 Å². The lowest BCUT2D eigenvalue weighted by molar-refractivity contribution is -0.00239. The molecule has 1 aliphatic heterocycles. The zero-order chi connectivity index (χ0) is 9.10. The Morgan fingerprint density at radius 1 is 1.38 bits per heavy atom. The molecule has 0 amide bonds. The topological polar surface area (TPSA) is 21.3 Å². The van der Waals surface area contributed by atoms with Crippen LogP contribution in [0, 0.1) is 5.82 Å². The first-order chi connectivity index (χ1) is 6.38. The average Bonchev–Trinajstić information content (AvgIpc) is 2.20. The highest BCUT2D eigenvalue weighted by Crippen LogP contribution is 2.19. The van der Waals surface area contributed by atoms with Crippen LogP contribution < -0.4 is 5.32 Å². The highest BCUT2D eigenvalue weighted by Gasteiger charge is 2.17. The monoisotopic (exact) mass is 181 g/mol. The fraction of sp³-hybridized carbons (Fsp3) is 0.400. The molecule has 1 heterocycles. The van der Waals surface area contributed by atoms with E-state index in [0.717, 1.165) is 13.0 Å². The molecule has 1 fully saturated rings. The first-order valence-corrected chi connectivity index (χ1v) is 4.47. The maximum Gasteiger partial charge on any atom is 0.137 e. The van der Waals surface area contributed by atoms with Crippen molar-refractivity contribution in [1.82, 2.24) is 5.32 Å². The molecule has 2 nitrogen and oxygen atoms in total. The molecule has 1 aromatic rings. The van der Waals surface area contributed by atoms with E-state index < -0.39 is 0 Å². The largest absolute Gasteiger partial charge is 0.359 e. The Morgan fingerprint density at radius 2 is 2.23 bits per heavy atom. The molecule has 1 aliphatic rings. The number of ether oxygens (including phenoxy) is 1. The van der Waals surface area contributed by atoms with Crippen LogP contribution in [0.2, 0.25) is 0 Å². The summed E-state index contributed by atoms with van der Waals surface area (Å²) in [6.45, 7) is 1.59. The van der Waals surface area contributed by atoms with E-state index in [4.69, 9.17) is 4.74 Å². The highest BCUT2D eigenvalue weighted by atomic mass is 19.1. The molecule has 1 atom stereocenters. The Labute approximate surface area is 76.7 Å². The average molecular weight is 181 g/mol. The second kappa shape index (κ2) is 3.85. The van der Waals surface area contributed by atoms with Gasteiger partial charge < -0.3 is 4.74 Å². The summed E-state index contributed by atoms with van der Waals surface area (Å²) >= 11 is 0. The second-order valence-electron chi connectivity index (χ2n) is 3.08. The van der Waals surface area contributed by atoms with Crippen LogP contribution in [0.1, 0.15) is 18.2 Å². The Hall–Kier alpha value is -0.930. The standard InChI is InChI=1S/C10H12FNO/c11-9-5-2-1-4-8(9)10-12-6-3-7-13-10/h1-2,4-5,10,12H,3,6-7H2. The summed E-state index contributed by atoms with van der Waals surface area (Å²) in [5.41, 5.74) is 0.599. The van der Waals surface area contributed by atoms with Gasteiger partial charge in [0.2, 0.25) is 0 Å². The lowest BCUT2D eigenvalue weighted by atomic mass is 10.1. The Balaban J connectivity index is 2.18. The van der Waals surface area contributed by atoms with Crippen LogP contribution in [-0.2, 0) is 4.74 Å². The summed E-state index contributed by atoms with van der Waals surface area (Å²) in [5, 5.41) is 3.11. The predicted octanol–water partition coefficient (Wildman–Crippen LogP) is 1.83. The summed E-state index contributed by atoms with van der Waals surface area (Å²) < 4.78 is 18.6. The van der Waals surface area contributed by atoms with Crippen LogP contribution in [0.4, 0.5) is 4.39 Å². The second-order valence-corrected chi connectivity index (χ2v) is 3.08. The molecule has 1 unspecified atom stereocenters. The van der Waals surface area contributed by atoms with E-state index in [1.807, 2.05) is 6.07 Å². The first-order valence-electron chi connectivity index (χ1n) is 4.47. The number of nitrogens with one attached hydrogen (secondary N) is 1. The van der Waals surface area contributed by atoms with Gasteiger partial charge in [0, 0.05) is 12.1 Å². The highest BCUT2D eigenvalue weighted by molar-refractivity contribution is 5.19. The van der Waals surface area contributed by atoms with E-state index in [9.17, 15) is 4.39 Å². The van der Waals surface area contributed by atoms with Crippen molar-refractivity contribution in [3.05, 3.63) is 35.6 Å². The van der Waals surface area contributed by atoms with Crippen LogP contribution in [0.5, 0.6) is 0 Å². The predicted molar refractivity (Wildman–Crippen MR) is 47.7 cm³/mol. The van der Waals surface area contributed by atoms with Gasteiger partial charge in [-0.05, 0) is 12.5 Å². The molecule has 0 spiro atoms. The van der Waals surface area contributed by atoms with Crippen LogP contribution >= 0.6 is 0 Å².